The van der Waals surface area contributed by atoms with E-state index in [4.69, 9.17) is 21.0 Å². The van der Waals surface area contributed by atoms with Crippen LogP contribution in [-0.4, -0.2) is 51.9 Å². The molecule has 2 heterocycles. The summed E-state index contributed by atoms with van der Waals surface area (Å²) in [5.74, 6) is 0.710. The number of aliphatic hydroxyl groups excluding tert-OH is 1. The third-order valence-corrected chi connectivity index (χ3v) is 4.05. The lowest BCUT2D eigenvalue weighted by molar-refractivity contribution is 0.307. The highest BCUT2D eigenvalue weighted by atomic mass is 16.5. The van der Waals surface area contributed by atoms with E-state index in [1.54, 1.807) is 15.4 Å². The zero-order valence-electron chi connectivity index (χ0n) is 13.4. The Kier molecular flexibility index (Phi) is 4.34. The zero-order valence-corrected chi connectivity index (χ0v) is 13.4. The number of anilines is 1. The van der Waals surface area contributed by atoms with Gasteiger partial charge in [0.25, 0.3) is 5.56 Å². The molecule has 0 saturated carbocycles. The summed E-state index contributed by atoms with van der Waals surface area (Å²) >= 11 is 0. The number of nitrogen functional groups attached to an aromatic ring is 1. The fourth-order valence-electron chi connectivity index (χ4n) is 2.89. The Bertz CT molecular complexity index is 827. The molecule has 0 bridgehead atoms. The molecule has 1 aromatic rings. The summed E-state index contributed by atoms with van der Waals surface area (Å²) in [5.41, 5.74) is 7.27. The van der Waals surface area contributed by atoms with Crippen LogP contribution in [0.5, 0.6) is 0 Å². The maximum atomic E-state index is 12.5. The molecule has 0 amide bonds. The van der Waals surface area contributed by atoms with Gasteiger partial charge in [0.2, 0.25) is 0 Å². The van der Waals surface area contributed by atoms with Gasteiger partial charge in [-0.3, -0.25) is 14.5 Å². The molecule has 0 aromatic carbocycles. The van der Waals surface area contributed by atoms with Crippen LogP contribution in [0.2, 0.25) is 0 Å². The van der Waals surface area contributed by atoms with E-state index in [0.717, 1.165) is 6.42 Å². The minimum atomic E-state index is -0.230. The quantitative estimate of drug-likeness (QED) is 0.721. The molecule has 4 N–H and O–H groups in total. The number of fused-ring (bicyclic) bond motifs is 1. The molecule has 1 aliphatic heterocycles. The molecule has 9 heteroatoms. The SMILES string of the molecule is COC1=CC(=Nc2c(N)n3n(c2=O)CCC3)C(=NCCO)CC1=N. The second-order valence-corrected chi connectivity index (χ2v) is 5.56. The van der Waals surface area contributed by atoms with E-state index in [1.165, 1.54) is 7.11 Å². The number of allylic oxidation sites excluding steroid dienone is 2. The summed E-state index contributed by atoms with van der Waals surface area (Å²) in [4.78, 5) is 21.2. The number of ether oxygens (including phenoxy) is 1. The molecule has 1 aromatic heterocycles. The zero-order chi connectivity index (χ0) is 17.3. The average molecular weight is 332 g/mol. The van der Waals surface area contributed by atoms with Gasteiger partial charge in [0.15, 0.2) is 11.5 Å². The standard InChI is InChI=1S/C15H20N6O3/c1-24-12-8-11(10(7-9(12)16)18-3-6-22)19-13-14(17)20-4-2-5-21(20)15(13)23/h8,16,22H,2-7,17H2,1H3. The van der Waals surface area contributed by atoms with Crippen molar-refractivity contribution in [2.45, 2.75) is 25.9 Å². The lowest BCUT2D eigenvalue weighted by atomic mass is 9.99. The summed E-state index contributed by atoms with van der Waals surface area (Å²) in [6.45, 7) is 1.43. The molecule has 2 aliphatic rings. The van der Waals surface area contributed by atoms with E-state index in [1.807, 2.05) is 0 Å². The number of nitrogens with zero attached hydrogens (tertiary/aromatic N) is 4. The Morgan fingerprint density at radius 2 is 2.17 bits per heavy atom. The molecular formula is C15H20N6O3. The Hall–Kier alpha value is -2.68. The highest BCUT2D eigenvalue weighted by molar-refractivity contribution is 6.52. The van der Waals surface area contributed by atoms with Crippen molar-refractivity contribution in [1.82, 2.24) is 9.36 Å². The third kappa shape index (κ3) is 2.67. The molecule has 128 valence electrons. The number of hydrogen-bond donors (Lipinski definition) is 3. The minimum absolute atomic E-state index is 0.101. The lowest BCUT2D eigenvalue weighted by Gasteiger charge is -2.16. The van der Waals surface area contributed by atoms with Crippen molar-refractivity contribution in [2.75, 3.05) is 26.0 Å². The number of rotatable bonds is 4. The van der Waals surface area contributed by atoms with Crippen LogP contribution in [-0.2, 0) is 17.8 Å². The highest BCUT2D eigenvalue weighted by Crippen LogP contribution is 2.24. The van der Waals surface area contributed by atoms with Gasteiger partial charge in [0.1, 0.15) is 5.76 Å². The predicted octanol–water partition coefficient (Wildman–Crippen LogP) is 0.0953. The van der Waals surface area contributed by atoms with Crippen LogP contribution in [0, 0.1) is 5.41 Å². The summed E-state index contributed by atoms with van der Waals surface area (Å²) < 4.78 is 8.50. The number of aromatic nitrogens is 2. The molecule has 3 rings (SSSR count). The van der Waals surface area contributed by atoms with Crippen molar-refractivity contribution in [2.24, 2.45) is 9.98 Å². The average Bonchev–Trinajstić information content (AvgIpc) is 3.14. The number of nitrogens with one attached hydrogen (secondary N) is 1. The maximum absolute atomic E-state index is 12.5. The van der Waals surface area contributed by atoms with Gasteiger partial charge in [-0.25, -0.2) is 9.67 Å². The Morgan fingerprint density at radius 1 is 1.42 bits per heavy atom. The molecule has 0 spiro atoms. The predicted molar refractivity (Wildman–Crippen MR) is 91.6 cm³/mol. The van der Waals surface area contributed by atoms with Gasteiger partial charge in [0.05, 0.1) is 37.4 Å². The van der Waals surface area contributed by atoms with E-state index in [9.17, 15) is 4.79 Å². The Balaban J connectivity index is 2.10. The molecule has 0 radical (unpaired) electrons. The number of aliphatic hydroxyl groups is 1. The largest absolute Gasteiger partial charge is 0.495 e. The molecule has 0 fully saturated rings. The summed E-state index contributed by atoms with van der Waals surface area (Å²) in [6.07, 6.45) is 2.69. The molecule has 0 atom stereocenters. The van der Waals surface area contributed by atoms with E-state index in [2.05, 4.69) is 9.98 Å². The van der Waals surface area contributed by atoms with Crippen molar-refractivity contribution in [3.63, 3.8) is 0 Å². The van der Waals surface area contributed by atoms with E-state index in [-0.39, 0.29) is 36.5 Å². The van der Waals surface area contributed by atoms with Gasteiger partial charge in [-0.2, -0.15) is 0 Å². The summed E-state index contributed by atoms with van der Waals surface area (Å²) in [7, 11) is 1.48. The van der Waals surface area contributed by atoms with Crippen LogP contribution in [0.1, 0.15) is 12.8 Å². The van der Waals surface area contributed by atoms with Gasteiger partial charge in [-0.15, -0.1) is 0 Å². The van der Waals surface area contributed by atoms with Crippen LogP contribution >= 0.6 is 0 Å². The monoisotopic (exact) mass is 332 g/mol. The van der Waals surface area contributed by atoms with E-state index < -0.39 is 0 Å². The number of hydrogen-bond acceptors (Lipinski definition) is 7. The van der Waals surface area contributed by atoms with Crippen LogP contribution < -0.4 is 11.3 Å². The van der Waals surface area contributed by atoms with Crippen LogP contribution in [0.25, 0.3) is 0 Å². The third-order valence-electron chi connectivity index (χ3n) is 4.05. The van der Waals surface area contributed by atoms with Gasteiger partial charge in [-0.1, -0.05) is 0 Å². The number of aliphatic imine (C=N–C) groups is 2. The summed E-state index contributed by atoms with van der Waals surface area (Å²) in [6, 6.07) is 0. The van der Waals surface area contributed by atoms with Crippen LogP contribution in [0.4, 0.5) is 11.5 Å². The summed E-state index contributed by atoms with van der Waals surface area (Å²) in [5, 5.41) is 16.9. The van der Waals surface area contributed by atoms with Crippen LogP contribution in [0.15, 0.2) is 26.6 Å². The molecule has 0 saturated heterocycles. The molecule has 24 heavy (non-hydrogen) atoms. The molecule has 1 aliphatic carbocycles. The molecular weight excluding hydrogens is 312 g/mol. The maximum Gasteiger partial charge on any atom is 0.294 e. The van der Waals surface area contributed by atoms with Crippen molar-refractivity contribution in [3.8, 4) is 0 Å². The van der Waals surface area contributed by atoms with Crippen molar-refractivity contribution < 1.29 is 9.84 Å². The lowest BCUT2D eigenvalue weighted by Crippen LogP contribution is -2.26. The first kappa shape index (κ1) is 16.2. The first-order chi connectivity index (χ1) is 11.6. The van der Waals surface area contributed by atoms with Crippen molar-refractivity contribution >= 4 is 28.6 Å². The second-order valence-electron chi connectivity index (χ2n) is 5.56. The van der Waals surface area contributed by atoms with Crippen molar-refractivity contribution in [3.05, 3.63) is 22.2 Å². The minimum Gasteiger partial charge on any atom is -0.495 e. The van der Waals surface area contributed by atoms with Crippen LogP contribution in [0.3, 0.4) is 0 Å². The molecule has 9 nitrogen and oxygen atoms in total. The van der Waals surface area contributed by atoms with Gasteiger partial charge >= 0.3 is 0 Å². The van der Waals surface area contributed by atoms with Gasteiger partial charge < -0.3 is 21.0 Å². The van der Waals surface area contributed by atoms with Gasteiger partial charge in [0, 0.05) is 25.6 Å². The first-order valence-corrected chi connectivity index (χ1v) is 7.72. The first-order valence-electron chi connectivity index (χ1n) is 7.72. The van der Waals surface area contributed by atoms with Crippen molar-refractivity contribution in [1.29, 1.82) is 5.41 Å². The Morgan fingerprint density at radius 3 is 2.83 bits per heavy atom. The normalized spacial score (nSPS) is 20.6. The fraction of sp³-hybridized carbons (Fsp3) is 0.467. The topological polar surface area (TPSA) is 131 Å². The van der Waals surface area contributed by atoms with Gasteiger partial charge in [-0.05, 0) is 6.42 Å². The van der Waals surface area contributed by atoms with E-state index >= 15 is 0 Å². The highest BCUT2D eigenvalue weighted by Gasteiger charge is 2.25. The van der Waals surface area contributed by atoms with E-state index in [0.29, 0.717) is 36.1 Å². The second kappa shape index (κ2) is 6.44. The number of nitrogens with two attached hydrogens (primary N) is 1. The molecule has 0 unspecified atom stereocenters. The Labute approximate surface area is 138 Å². The fourth-order valence-corrected chi connectivity index (χ4v) is 2.89. The smallest absolute Gasteiger partial charge is 0.294 e. The number of methoxy groups -OCH3 is 1.